The van der Waals surface area contributed by atoms with E-state index in [0.29, 0.717) is 12.1 Å². The highest BCUT2D eigenvalue weighted by molar-refractivity contribution is 5.95. The third-order valence-electron chi connectivity index (χ3n) is 4.53. The Hall–Kier alpha value is -2.92. The fourth-order valence-corrected chi connectivity index (χ4v) is 3.03. The molecular weight excluding hydrogens is 338 g/mol. The minimum Gasteiger partial charge on any atom is -0.388 e. The summed E-state index contributed by atoms with van der Waals surface area (Å²) >= 11 is 0. The Morgan fingerprint density at radius 3 is 2.63 bits per heavy atom. The molecule has 0 spiro atoms. The van der Waals surface area contributed by atoms with Crippen LogP contribution in [0.2, 0.25) is 0 Å². The molecule has 1 heterocycles. The molecule has 3 aromatic rings. The molecule has 1 aromatic heterocycles. The van der Waals surface area contributed by atoms with Gasteiger partial charge in [-0.05, 0) is 35.2 Å². The van der Waals surface area contributed by atoms with Crippen LogP contribution in [-0.2, 0) is 13.6 Å². The Labute approximate surface area is 159 Å². The lowest BCUT2D eigenvalue weighted by molar-refractivity contribution is 0.0951. The van der Waals surface area contributed by atoms with Crippen LogP contribution in [0.25, 0.3) is 11.1 Å². The number of aliphatic hydroxyl groups excluding tert-OH is 1. The Morgan fingerprint density at radius 2 is 1.96 bits per heavy atom. The van der Waals surface area contributed by atoms with Gasteiger partial charge in [-0.2, -0.15) is 5.10 Å². The molecule has 1 atom stereocenters. The molecule has 0 saturated heterocycles. The first-order chi connectivity index (χ1) is 13.1. The third-order valence-corrected chi connectivity index (χ3v) is 4.53. The monoisotopic (exact) mass is 363 g/mol. The van der Waals surface area contributed by atoms with Crippen molar-refractivity contribution >= 4 is 5.91 Å². The van der Waals surface area contributed by atoms with Crippen LogP contribution in [0.5, 0.6) is 0 Å². The number of amides is 1. The number of aliphatic hydroxyl groups is 1. The van der Waals surface area contributed by atoms with Crippen LogP contribution in [-0.4, -0.2) is 20.8 Å². The number of nitrogens with zero attached hydrogens (tertiary/aromatic N) is 2. The number of aryl methyl sites for hydroxylation is 1. The van der Waals surface area contributed by atoms with E-state index in [4.69, 9.17) is 0 Å². The standard InChI is InChI=1S/C22H25N3O2/c1-3-5-21(26)18-10-8-17(9-11-18)19-6-4-7-20(12-19)22(27)23-13-16-14-24-25(2)15-16/h4,6-12,14-15,21,26H,3,5,13H2,1-2H3,(H,23,27)/t21-/m1/s1. The van der Waals surface area contributed by atoms with Gasteiger partial charge in [0.05, 0.1) is 12.3 Å². The zero-order valence-electron chi connectivity index (χ0n) is 15.7. The zero-order chi connectivity index (χ0) is 19.2. The first-order valence-corrected chi connectivity index (χ1v) is 9.21. The first kappa shape index (κ1) is 18.9. The molecule has 0 aliphatic heterocycles. The van der Waals surface area contributed by atoms with Gasteiger partial charge in [0.25, 0.3) is 5.91 Å². The summed E-state index contributed by atoms with van der Waals surface area (Å²) < 4.78 is 1.71. The Morgan fingerprint density at radius 1 is 1.19 bits per heavy atom. The Bertz CT molecular complexity index is 900. The Balaban J connectivity index is 1.70. The minimum atomic E-state index is -0.423. The molecule has 2 N–H and O–H groups in total. The predicted octanol–water partition coefficient (Wildman–Crippen LogP) is 3.85. The normalized spacial score (nSPS) is 12.0. The van der Waals surface area contributed by atoms with E-state index in [1.54, 1.807) is 16.9 Å². The second-order valence-corrected chi connectivity index (χ2v) is 6.71. The summed E-state index contributed by atoms with van der Waals surface area (Å²) in [7, 11) is 1.85. The van der Waals surface area contributed by atoms with Crippen molar-refractivity contribution in [1.82, 2.24) is 15.1 Å². The molecule has 0 saturated carbocycles. The largest absolute Gasteiger partial charge is 0.388 e. The van der Waals surface area contributed by atoms with Crippen LogP contribution in [0.15, 0.2) is 60.9 Å². The molecule has 140 valence electrons. The van der Waals surface area contributed by atoms with Crippen LogP contribution in [0.3, 0.4) is 0 Å². The second-order valence-electron chi connectivity index (χ2n) is 6.71. The van der Waals surface area contributed by atoms with Crippen LogP contribution < -0.4 is 5.32 Å². The molecule has 2 aromatic carbocycles. The highest BCUT2D eigenvalue weighted by Gasteiger charge is 2.09. The molecule has 27 heavy (non-hydrogen) atoms. The van der Waals surface area contributed by atoms with Gasteiger partial charge in [-0.15, -0.1) is 0 Å². The van der Waals surface area contributed by atoms with E-state index >= 15 is 0 Å². The molecular formula is C22H25N3O2. The van der Waals surface area contributed by atoms with E-state index in [1.165, 1.54) is 0 Å². The average Bonchev–Trinajstić information content (AvgIpc) is 3.12. The summed E-state index contributed by atoms with van der Waals surface area (Å²) in [5, 5.41) is 17.1. The van der Waals surface area contributed by atoms with Crippen molar-refractivity contribution in [3.8, 4) is 11.1 Å². The maximum atomic E-state index is 12.5. The number of hydrogen-bond acceptors (Lipinski definition) is 3. The molecule has 3 rings (SSSR count). The van der Waals surface area contributed by atoms with Gasteiger partial charge in [0.1, 0.15) is 0 Å². The summed E-state index contributed by atoms with van der Waals surface area (Å²) in [5.41, 5.74) is 4.49. The highest BCUT2D eigenvalue weighted by Crippen LogP contribution is 2.24. The molecule has 0 bridgehead atoms. The number of benzene rings is 2. The summed E-state index contributed by atoms with van der Waals surface area (Å²) in [6.45, 7) is 2.50. The fourth-order valence-electron chi connectivity index (χ4n) is 3.03. The molecule has 0 unspecified atom stereocenters. The molecule has 0 radical (unpaired) electrons. The zero-order valence-corrected chi connectivity index (χ0v) is 15.7. The molecule has 0 fully saturated rings. The van der Waals surface area contributed by atoms with Crippen LogP contribution in [0, 0.1) is 0 Å². The van der Waals surface area contributed by atoms with Gasteiger partial charge in [0.2, 0.25) is 0 Å². The summed E-state index contributed by atoms with van der Waals surface area (Å²) in [5.74, 6) is -0.115. The van der Waals surface area contributed by atoms with E-state index in [9.17, 15) is 9.90 Å². The van der Waals surface area contributed by atoms with E-state index in [1.807, 2.05) is 55.7 Å². The van der Waals surface area contributed by atoms with Crippen LogP contribution in [0.4, 0.5) is 0 Å². The van der Waals surface area contributed by atoms with E-state index in [2.05, 4.69) is 17.3 Å². The van der Waals surface area contributed by atoms with Gasteiger partial charge >= 0.3 is 0 Å². The number of nitrogens with one attached hydrogen (secondary N) is 1. The molecule has 5 heteroatoms. The van der Waals surface area contributed by atoms with Gasteiger partial charge in [-0.3, -0.25) is 9.48 Å². The van der Waals surface area contributed by atoms with Crippen molar-refractivity contribution in [3.05, 3.63) is 77.6 Å². The Kier molecular flexibility index (Phi) is 6.04. The number of carbonyl (C=O) groups excluding carboxylic acids is 1. The highest BCUT2D eigenvalue weighted by atomic mass is 16.3. The van der Waals surface area contributed by atoms with Gasteiger partial charge < -0.3 is 10.4 Å². The van der Waals surface area contributed by atoms with Crippen molar-refractivity contribution in [2.75, 3.05) is 0 Å². The number of rotatable bonds is 7. The van der Waals surface area contributed by atoms with Crippen LogP contribution in [0.1, 0.15) is 47.4 Å². The van der Waals surface area contributed by atoms with Crippen molar-refractivity contribution < 1.29 is 9.90 Å². The number of carbonyl (C=O) groups is 1. The van der Waals surface area contributed by atoms with Gasteiger partial charge in [0.15, 0.2) is 0 Å². The van der Waals surface area contributed by atoms with Crippen molar-refractivity contribution in [1.29, 1.82) is 0 Å². The molecule has 1 amide bonds. The van der Waals surface area contributed by atoms with Crippen LogP contribution >= 0.6 is 0 Å². The summed E-state index contributed by atoms with van der Waals surface area (Å²) in [6.07, 6.45) is 4.90. The van der Waals surface area contributed by atoms with E-state index in [0.717, 1.165) is 35.1 Å². The fraction of sp³-hybridized carbons (Fsp3) is 0.273. The quantitative estimate of drug-likeness (QED) is 0.670. The SMILES string of the molecule is CCC[C@@H](O)c1ccc(-c2cccc(C(=O)NCc3cnn(C)c3)c2)cc1. The summed E-state index contributed by atoms with van der Waals surface area (Å²) in [4.78, 5) is 12.5. The predicted molar refractivity (Wildman–Crippen MR) is 106 cm³/mol. The number of aromatic nitrogens is 2. The van der Waals surface area contributed by atoms with E-state index < -0.39 is 6.10 Å². The minimum absolute atomic E-state index is 0.115. The smallest absolute Gasteiger partial charge is 0.251 e. The van der Waals surface area contributed by atoms with Gasteiger partial charge in [-0.25, -0.2) is 0 Å². The molecule has 5 nitrogen and oxygen atoms in total. The lowest BCUT2D eigenvalue weighted by Crippen LogP contribution is -2.22. The average molecular weight is 363 g/mol. The molecule has 0 aliphatic rings. The molecule has 0 aliphatic carbocycles. The maximum absolute atomic E-state index is 12.5. The van der Waals surface area contributed by atoms with E-state index in [-0.39, 0.29) is 5.91 Å². The van der Waals surface area contributed by atoms with Crippen molar-refractivity contribution in [2.45, 2.75) is 32.4 Å². The number of hydrogen-bond donors (Lipinski definition) is 2. The van der Waals surface area contributed by atoms with Gasteiger partial charge in [0, 0.05) is 30.9 Å². The lowest BCUT2D eigenvalue weighted by Gasteiger charge is -2.11. The lowest BCUT2D eigenvalue weighted by atomic mass is 9.99. The third kappa shape index (κ3) is 4.83. The van der Waals surface area contributed by atoms with Crippen molar-refractivity contribution in [2.24, 2.45) is 7.05 Å². The van der Waals surface area contributed by atoms with Gasteiger partial charge in [-0.1, -0.05) is 49.7 Å². The maximum Gasteiger partial charge on any atom is 0.251 e. The first-order valence-electron chi connectivity index (χ1n) is 9.21. The van der Waals surface area contributed by atoms with Crippen molar-refractivity contribution in [3.63, 3.8) is 0 Å². The summed E-state index contributed by atoms with van der Waals surface area (Å²) in [6, 6.07) is 15.4. The topological polar surface area (TPSA) is 67.2 Å². The second kappa shape index (κ2) is 8.64.